The summed E-state index contributed by atoms with van der Waals surface area (Å²) in [6, 6.07) is 5.61. The minimum Gasteiger partial charge on any atom is -0.469 e. The maximum atomic E-state index is 11.7. The quantitative estimate of drug-likeness (QED) is 0.819. The Morgan fingerprint density at radius 1 is 1.35 bits per heavy atom. The average Bonchev–Trinajstić information content (AvgIpc) is 2.30. The van der Waals surface area contributed by atoms with Gasteiger partial charge in [0.15, 0.2) is 0 Å². The lowest BCUT2D eigenvalue weighted by Crippen LogP contribution is -2.37. The summed E-state index contributed by atoms with van der Waals surface area (Å²) < 4.78 is 4.81. The second-order valence-electron chi connectivity index (χ2n) is 4.98. The molecule has 0 aliphatic carbocycles. The third kappa shape index (κ3) is 2.50. The van der Waals surface area contributed by atoms with Gasteiger partial charge < -0.3 is 10.5 Å². The molecule has 2 N–H and O–H groups in total. The van der Waals surface area contributed by atoms with E-state index in [1.54, 1.807) is 0 Å². The van der Waals surface area contributed by atoms with Crippen molar-refractivity contribution in [2.45, 2.75) is 33.7 Å². The molecule has 1 atom stereocenters. The van der Waals surface area contributed by atoms with Crippen molar-refractivity contribution < 1.29 is 9.53 Å². The van der Waals surface area contributed by atoms with E-state index in [1.807, 2.05) is 45.9 Å². The van der Waals surface area contributed by atoms with Gasteiger partial charge in [0.05, 0.1) is 12.5 Å². The first-order chi connectivity index (χ1) is 7.82. The summed E-state index contributed by atoms with van der Waals surface area (Å²) in [6.45, 7) is 7.69. The molecule has 0 aliphatic rings. The van der Waals surface area contributed by atoms with Gasteiger partial charge in [0.25, 0.3) is 0 Å². The van der Waals surface area contributed by atoms with Crippen LogP contribution in [-0.2, 0) is 9.53 Å². The zero-order chi connectivity index (χ0) is 13.2. The van der Waals surface area contributed by atoms with Gasteiger partial charge in [-0.25, -0.2) is 0 Å². The Labute approximate surface area is 103 Å². The fourth-order valence-electron chi connectivity index (χ4n) is 1.89. The van der Waals surface area contributed by atoms with E-state index >= 15 is 0 Å². The average molecular weight is 235 g/mol. The summed E-state index contributed by atoms with van der Waals surface area (Å²) in [5, 5.41) is 0. The summed E-state index contributed by atoms with van der Waals surface area (Å²) in [6.07, 6.45) is 0. The number of rotatable bonds is 3. The number of esters is 1. The van der Waals surface area contributed by atoms with Crippen molar-refractivity contribution in [3.05, 3.63) is 34.9 Å². The van der Waals surface area contributed by atoms with Crippen molar-refractivity contribution in [2.24, 2.45) is 11.1 Å². The van der Waals surface area contributed by atoms with Gasteiger partial charge in [-0.3, -0.25) is 4.79 Å². The number of nitrogens with two attached hydrogens (primary N) is 1. The van der Waals surface area contributed by atoms with Crippen LogP contribution in [0, 0.1) is 19.3 Å². The van der Waals surface area contributed by atoms with E-state index in [1.165, 1.54) is 12.7 Å². The van der Waals surface area contributed by atoms with E-state index in [0.717, 1.165) is 11.1 Å². The molecule has 0 aliphatic heterocycles. The van der Waals surface area contributed by atoms with Gasteiger partial charge in [-0.2, -0.15) is 0 Å². The lowest BCUT2D eigenvalue weighted by molar-refractivity contribution is -0.152. The van der Waals surface area contributed by atoms with Crippen LogP contribution in [0.4, 0.5) is 0 Å². The Morgan fingerprint density at radius 2 is 1.94 bits per heavy atom. The molecule has 1 aromatic carbocycles. The molecule has 0 saturated heterocycles. The van der Waals surface area contributed by atoms with Gasteiger partial charge in [-0.1, -0.05) is 18.2 Å². The number of aryl methyl sites for hydroxylation is 1. The molecule has 17 heavy (non-hydrogen) atoms. The molecule has 1 rings (SSSR count). The number of ether oxygens (including phenoxy) is 1. The van der Waals surface area contributed by atoms with Gasteiger partial charge in [-0.15, -0.1) is 0 Å². The smallest absolute Gasteiger partial charge is 0.313 e. The molecule has 3 nitrogen and oxygen atoms in total. The molecule has 0 amide bonds. The molecule has 1 aromatic rings. The second-order valence-corrected chi connectivity index (χ2v) is 4.98. The van der Waals surface area contributed by atoms with E-state index in [0.29, 0.717) is 0 Å². The highest BCUT2D eigenvalue weighted by Crippen LogP contribution is 2.34. The van der Waals surface area contributed by atoms with Crippen LogP contribution in [-0.4, -0.2) is 13.1 Å². The Balaban J connectivity index is 3.16. The topological polar surface area (TPSA) is 52.3 Å². The van der Waals surface area contributed by atoms with Crippen molar-refractivity contribution >= 4 is 5.97 Å². The SMILES string of the molecule is COC(=O)C(C)(C)[C@H](N)c1cccc(C)c1C. The van der Waals surface area contributed by atoms with E-state index in [9.17, 15) is 4.79 Å². The predicted octanol–water partition coefficient (Wildman–Crippen LogP) is 2.50. The minimum absolute atomic E-state index is 0.286. The molecule has 0 bridgehead atoms. The van der Waals surface area contributed by atoms with Crippen molar-refractivity contribution in [1.29, 1.82) is 0 Å². The van der Waals surface area contributed by atoms with Crippen LogP contribution in [0.1, 0.15) is 36.6 Å². The highest BCUT2D eigenvalue weighted by atomic mass is 16.5. The fourth-order valence-corrected chi connectivity index (χ4v) is 1.89. The third-order valence-electron chi connectivity index (χ3n) is 3.47. The van der Waals surface area contributed by atoms with E-state index in [-0.39, 0.29) is 12.0 Å². The van der Waals surface area contributed by atoms with Gasteiger partial charge in [0, 0.05) is 6.04 Å². The van der Waals surface area contributed by atoms with Crippen LogP contribution in [0.5, 0.6) is 0 Å². The van der Waals surface area contributed by atoms with Crippen LogP contribution >= 0.6 is 0 Å². The maximum Gasteiger partial charge on any atom is 0.313 e. The summed E-state index contributed by atoms with van der Waals surface area (Å²) >= 11 is 0. The van der Waals surface area contributed by atoms with Crippen LogP contribution in [0.3, 0.4) is 0 Å². The van der Waals surface area contributed by atoms with Gasteiger partial charge in [-0.05, 0) is 44.4 Å². The van der Waals surface area contributed by atoms with Crippen LogP contribution in [0.25, 0.3) is 0 Å². The third-order valence-corrected chi connectivity index (χ3v) is 3.47. The number of hydrogen-bond acceptors (Lipinski definition) is 3. The van der Waals surface area contributed by atoms with E-state index in [2.05, 4.69) is 0 Å². The summed E-state index contributed by atoms with van der Waals surface area (Å²) in [5.41, 5.74) is 8.81. The molecule has 3 heteroatoms. The Kier molecular flexibility index (Phi) is 3.94. The van der Waals surface area contributed by atoms with Gasteiger partial charge >= 0.3 is 5.97 Å². The minimum atomic E-state index is -0.729. The number of carbonyl (C=O) groups excluding carboxylic acids is 1. The first-order valence-electron chi connectivity index (χ1n) is 5.72. The Hall–Kier alpha value is -1.35. The molecule has 0 heterocycles. The normalized spacial score (nSPS) is 13.3. The van der Waals surface area contributed by atoms with Crippen LogP contribution < -0.4 is 5.73 Å². The zero-order valence-electron chi connectivity index (χ0n) is 11.2. The van der Waals surface area contributed by atoms with Crippen molar-refractivity contribution in [3.63, 3.8) is 0 Å². The molecule has 0 spiro atoms. The first kappa shape index (κ1) is 13.7. The number of benzene rings is 1. The highest BCUT2D eigenvalue weighted by molar-refractivity contribution is 5.77. The Morgan fingerprint density at radius 3 is 2.47 bits per heavy atom. The van der Waals surface area contributed by atoms with E-state index < -0.39 is 5.41 Å². The number of carbonyl (C=O) groups is 1. The lowest BCUT2D eigenvalue weighted by atomic mass is 9.79. The first-order valence-corrected chi connectivity index (χ1v) is 5.72. The monoisotopic (exact) mass is 235 g/mol. The summed E-state index contributed by atoms with van der Waals surface area (Å²) in [4.78, 5) is 11.7. The van der Waals surface area contributed by atoms with Crippen molar-refractivity contribution in [3.8, 4) is 0 Å². The summed E-state index contributed by atoms with van der Waals surface area (Å²) in [5.74, 6) is -0.286. The highest BCUT2D eigenvalue weighted by Gasteiger charge is 2.37. The molecule has 0 radical (unpaired) electrons. The fraction of sp³-hybridized carbons (Fsp3) is 0.500. The maximum absolute atomic E-state index is 11.7. The number of hydrogen-bond donors (Lipinski definition) is 1. The lowest BCUT2D eigenvalue weighted by Gasteiger charge is -2.30. The second kappa shape index (κ2) is 4.88. The predicted molar refractivity (Wildman–Crippen MR) is 68.6 cm³/mol. The molecular formula is C14H21NO2. The molecule has 94 valence electrons. The van der Waals surface area contributed by atoms with Crippen molar-refractivity contribution in [1.82, 2.24) is 0 Å². The number of methoxy groups -OCH3 is 1. The van der Waals surface area contributed by atoms with Crippen LogP contribution in [0.15, 0.2) is 18.2 Å². The molecule has 0 aromatic heterocycles. The van der Waals surface area contributed by atoms with Crippen molar-refractivity contribution in [2.75, 3.05) is 7.11 Å². The van der Waals surface area contributed by atoms with Crippen LogP contribution in [0.2, 0.25) is 0 Å². The van der Waals surface area contributed by atoms with E-state index in [4.69, 9.17) is 10.5 Å². The van der Waals surface area contributed by atoms with Gasteiger partial charge in [0.2, 0.25) is 0 Å². The Bertz CT molecular complexity index is 424. The summed E-state index contributed by atoms with van der Waals surface area (Å²) in [7, 11) is 1.39. The van der Waals surface area contributed by atoms with Gasteiger partial charge in [0.1, 0.15) is 0 Å². The molecule has 0 fully saturated rings. The molecule has 0 saturated carbocycles. The molecular weight excluding hydrogens is 214 g/mol. The largest absolute Gasteiger partial charge is 0.469 e. The molecule has 0 unspecified atom stereocenters. The zero-order valence-corrected chi connectivity index (χ0v) is 11.2. The standard InChI is InChI=1S/C14H21NO2/c1-9-7-6-8-11(10(9)2)12(15)14(3,4)13(16)17-5/h6-8,12H,15H2,1-5H3/t12-/m1/s1.